The number of fused-ring (bicyclic) bond motifs is 1. The Kier molecular flexibility index (Phi) is 4.68. The van der Waals surface area contributed by atoms with Gasteiger partial charge in [-0.3, -0.25) is 14.8 Å². The van der Waals surface area contributed by atoms with Crippen LogP contribution in [0.25, 0.3) is 0 Å². The summed E-state index contributed by atoms with van der Waals surface area (Å²) in [5.41, 5.74) is 4.58. The fourth-order valence-corrected chi connectivity index (χ4v) is 3.55. The molecule has 0 aliphatic carbocycles. The van der Waals surface area contributed by atoms with Crippen molar-refractivity contribution in [2.24, 2.45) is 0 Å². The molecule has 7 heteroatoms. The molecule has 1 fully saturated rings. The van der Waals surface area contributed by atoms with Gasteiger partial charge in [-0.25, -0.2) is 5.48 Å². The molecule has 0 unspecified atom stereocenters. The maximum Gasteiger partial charge on any atom is 0.274 e. The summed E-state index contributed by atoms with van der Waals surface area (Å²) in [6.45, 7) is 2.53. The smallest absolute Gasteiger partial charge is 0.274 e. The molecular formula is C20H21N3O4. The molecular weight excluding hydrogens is 346 g/mol. The lowest BCUT2D eigenvalue weighted by molar-refractivity contribution is -0.121. The van der Waals surface area contributed by atoms with Crippen molar-refractivity contribution in [2.45, 2.75) is 19.4 Å². The number of hydroxylamine groups is 1. The Hall–Kier alpha value is -3.06. The molecule has 0 aromatic heterocycles. The zero-order valence-electron chi connectivity index (χ0n) is 14.9. The van der Waals surface area contributed by atoms with Crippen molar-refractivity contribution in [1.82, 2.24) is 5.48 Å². The lowest BCUT2D eigenvalue weighted by Crippen LogP contribution is -2.38. The largest absolute Gasteiger partial charge is 0.482 e. The Labute approximate surface area is 157 Å². The summed E-state index contributed by atoms with van der Waals surface area (Å²) < 4.78 is 5.47. The Morgan fingerprint density at radius 2 is 1.85 bits per heavy atom. The number of nitrogens with one attached hydrogen (secondary N) is 1. The van der Waals surface area contributed by atoms with Crippen molar-refractivity contribution in [2.75, 3.05) is 29.5 Å². The van der Waals surface area contributed by atoms with Crippen molar-refractivity contribution >= 4 is 23.2 Å². The zero-order chi connectivity index (χ0) is 18.8. The normalized spacial score (nSPS) is 16.1. The average molecular weight is 367 g/mol. The number of carbonyl (C=O) groups excluding carboxylic acids is 2. The molecule has 2 aliphatic heterocycles. The first-order valence-electron chi connectivity index (χ1n) is 9.01. The van der Waals surface area contributed by atoms with Gasteiger partial charge in [0.25, 0.3) is 11.8 Å². The second kappa shape index (κ2) is 7.28. The van der Waals surface area contributed by atoms with Crippen LogP contribution < -0.4 is 20.0 Å². The fraction of sp³-hybridized carbons (Fsp3) is 0.300. The molecule has 0 saturated carbocycles. The number of hydrogen-bond donors (Lipinski definition) is 2. The molecule has 4 rings (SSSR count). The molecule has 140 valence electrons. The van der Waals surface area contributed by atoms with E-state index in [1.54, 1.807) is 28.6 Å². The topological polar surface area (TPSA) is 82.1 Å². The van der Waals surface area contributed by atoms with E-state index in [4.69, 9.17) is 9.94 Å². The van der Waals surface area contributed by atoms with Crippen LogP contribution in [0.15, 0.2) is 42.5 Å². The van der Waals surface area contributed by atoms with Gasteiger partial charge in [0.15, 0.2) is 6.61 Å². The van der Waals surface area contributed by atoms with E-state index in [0.29, 0.717) is 18.0 Å². The van der Waals surface area contributed by atoms with Crippen molar-refractivity contribution in [3.63, 3.8) is 0 Å². The molecule has 0 spiro atoms. The molecule has 0 atom stereocenters. The highest BCUT2D eigenvalue weighted by molar-refractivity contribution is 6.01. The van der Waals surface area contributed by atoms with E-state index in [2.05, 4.69) is 17.0 Å². The number of rotatable bonds is 4. The van der Waals surface area contributed by atoms with Gasteiger partial charge in [0.1, 0.15) is 5.75 Å². The van der Waals surface area contributed by atoms with E-state index < -0.39 is 5.91 Å². The molecule has 2 amide bonds. The van der Waals surface area contributed by atoms with Crippen molar-refractivity contribution in [1.29, 1.82) is 0 Å². The van der Waals surface area contributed by atoms with Crippen molar-refractivity contribution in [3.05, 3.63) is 53.6 Å². The second-order valence-electron chi connectivity index (χ2n) is 6.75. The highest BCUT2D eigenvalue weighted by atomic mass is 16.5. The minimum absolute atomic E-state index is 0.0373. The van der Waals surface area contributed by atoms with Gasteiger partial charge in [-0.1, -0.05) is 12.1 Å². The third-order valence-corrected chi connectivity index (χ3v) is 5.01. The average Bonchev–Trinajstić information content (AvgIpc) is 3.24. The standard InChI is InChI=1S/C20H21N3O4/c24-19-13-27-18-8-5-15(20(25)21-26)11-17(18)23(19)12-14-3-6-16(7-4-14)22-9-1-2-10-22/h3-8,11,26H,1-2,9-10,12-13H2,(H,21,25). The highest BCUT2D eigenvalue weighted by Crippen LogP contribution is 2.34. The lowest BCUT2D eigenvalue weighted by Gasteiger charge is -2.30. The van der Waals surface area contributed by atoms with Crippen LogP contribution >= 0.6 is 0 Å². The summed E-state index contributed by atoms with van der Waals surface area (Å²) in [6.07, 6.45) is 2.45. The summed E-state index contributed by atoms with van der Waals surface area (Å²) in [7, 11) is 0. The summed E-state index contributed by atoms with van der Waals surface area (Å²) in [6, 6.07) is 13.0. The maximum atomic E-state index is 12.4. The first-order chi connectivity index (χ1) is 13.2. The Morgan fingerprint density at radius 3 is 2.56 bits per heavy atom. The molecule has 2 aliphatic rings. The van der Waals surface area contributed by atoms with Crippen LogP contribution in [0.2, 0.25) is 0 Å². The van der Waals surface area contributed by atoms with Crippen LogP contribution in [0, 0.1) is 0 Å². The molecule has 2 aromatic carbocycles. The molecule has 7 nitrogen and oxygen atoms in total. The van der Waals surface area contributed by atoms with Gasteiger partial charge in [0.05, 0.1) is 12.2 Å². The van der Waals surface area contributed by atoms with Gasteiger partial charge in [-0.2, -0.15) is 0 Å². The van der Waals surface area contributed by atoms with Crippen LogP contribution in [0.5, 0.6) is 5.75 Å². The fourth-order valence-electron chi connectivity index (χ4n) is 3.55. The number of benzene rings is 2. The Balaban J connectivity index is 1.58. The van der Waals surface area contributed by atoms with E-state index in [1.807, 2.05) is 12.1 Å². The second-order valence-corrected chi connectivity index (χ2v) is 6.75. The van der Waals surface area contributed by atoms with E-state index >= 15 is 0 Å². The zero-order valence-corrected chi connectivity index (χ0v) is 14.9. The lowest BCUT2D eigenvalue weighted by atomic mass is 10.1. The van der Waals surface area contributed by atoms with Crippen LogP contribution in [0.3, 0.4) is 0 Å². The monoisotopic (exact) mass is 367 g/mol. The van der Waals surface area contributed by atoms with Gasteiger partial charge in [0, 0.05) is 24.3 Å². The Morgan fingerprint density at radius 1 is 1.11 bits per heavy atom. The van der Waals surface area contributed by atoms with Crippen LogP contribution in [-0.4, -0.2) is 36.7 Å². The molecule has 2 aromatic rings. The summed E-state index contributed by atoms with van der Waals surface area (Å²) in [5, 5.41) is 8.85. The Bertz CT molecular complexity index is 860. The molecule has 27 heavy (non-hydrogen) atoms. The number of ether oxygens (including phenoxy) is 1. The number of nitrogens with zero attached hydrogens (tertiary/aromatic N) is 2. The van der Waals surface area contributed by atoms with Gasteiger partial charge in [-0.15, -0.1) is 0 Å². The summed E-state index contributed by atoms with van der Waals surface area (Å²) >= 11 is 0. The predicted molar refractivity (Wildman–Crippen MR) is 100 cm³/mol. The van der Waals surface area contributed by atoms with Crippen LogP contribution in [0.1, 0.15) is 28.8 Å². The molecule has 0 radical (unpaired) electrons. The van der Waals surface area contributed by atoms with E-state index in [9.17, 15) is 9.59 Å². The predicted octanol–water partition coefficient (Wildman–Crippen LogP) is 2.33. The first kappa shape index (κ1) is 17.4. The van der Waals surface area contributed by atoms with E-state index in [1.165, 1.54) is 18.5 Å². The first-order valence-corrected chi connectivity index (χ1v) is 9.01. The molecule has 0 bridgehead atoms. The maximum absolute atomic E-state index is 12.4. The number of carbonyl (C=O) groups is 2. The third kappa shape index (κ3) is 3.46. The van der Waals surface area contributed by atoms with Crippen molar-refractivity contribution < 1.29 is 19.5 Å². The van der Waals surface area contributed by atoms with E-state index in [-0.39, 0.29) is 18.1 Å². The SMILES string of the molecule is O=C(NO)c1ccc2c(c1)N(Cc1ccc(N3CCCC3)cc1)C(=O)CO2. The highest BCUT2D eigenvalue weighted by Gasteiger charge is 2.27. The van der Waals surface area contributed by atoms with Crippen LogP contribution in [-0.2, 0) is 11.3 Å². The van der Waals surface area contributed by atoms with Crippen molar-refractivity contribution in [3.8, 4) is 5.75 Å². The number of hydrogen-bond acceptors (Lipinski definition) is 5. The molecule has 2 heterocycles. The summed E-state index contributed by atoms with van der Waals surface area (Å²) in [4.78, 5) is 28.1. The third-order valence-electron chi connectivity index (χ3n) is 5.01. The van der Waals surface area contributed by atoms with Gasteiger partial charge >= 0.3 is 0 Å². The van der Waals surface area contributed by atoms with Gasteiger partial charge in [-0.05, 0) is 48.7 Å². The minimum atomic E-state index is -0.634. The summed E-state index contributed by atoms with van der Waals surface area (Å²) in [5.74, 6) is -0.267. The molecule has 1 saturated heterocycles. The molecule has 2 N–H and O–H groups in total. The van der Waals surface area contributed by atoms with Crippen LogP contribution in [0.4, 0.5) is 11.4 Å². The number of anilines is 2. The van der Waals surface area contributed by atoms with Gasteiger partial charge < -0.3 is 14.5 Å². The minimum Gasteiger partial charge on any atom is -0.482 e. The van der Waals surface area contributed by atoms with E-state index in [0.717, 1.165) is 18.7 Å². The quantitative estimate of drug-likeness (QED) is 0.640. The van der Waals surface area contributed by atoms with Gasteiger partial charge in [0.2, 0.25) is 0 Å². The number of amides is 2.